The Labute approximate surface area is 133 Å². The van der Waals surface area contributed by atoms with Crippen molar-refractivity contribution >= 4 is 33.4 Å². The SMILES string of the molecule is NC(=NOC(=O)c1ccccc1Br)c1ccc([N+](=O)[O-])cc1. The van der Waals surface area contributed by atoms with Gasteiger partial charge in [-0.15, -0.1) is 0 Å². The first kappa shape index (κ1) is 15.6. The van der Waals surface area contributed by atoms with Crippen molar-refractivity contribution in [3.63, 3.8) is 0 Å². The van der Waals surface area contributed by atoms with Gasteiger partial charge in [0, 0.05) is 22.2 Å². The maximum atomic E-state index is 11.8. The van der Waals surface area contributed by atoms with Crippen molar-refractivity contribution in [2.75, 3.05) is 0 Å². The van der Waals surface area contributed by atoms with E-state index < -0.39 is 10.9 Å². The lowest BCUT2D eigenvalue weighted by molar-refractivity contribution is -0.384. The highest BCUT2D eigenvalue weighted by atomic mass is 79.9. The van der Waals surface area contributed by atoms with E-state index in [0.29, 0.717) is 15.6 Å². The van der Waals surface area contributed by atoms with E-state index >= 15 is 0 Å². The average molecular weight is 364 g/mol. The number of hydrogen-bond acceptors (Lipinski definition) is 5. The first-order chi connectivity index (χ1) is 10.5. The molecule has 0 saturated heterocycles. The van der Waals surface area contributed by atoms with Crippen molar-refractivity contribution < 1.29 is 14.6 Å². The molecule has 0 bridgehead atoms. The maximum Gasteiger partial charge on any atom is 0.366 e. The van der Waals surface area contributed by atoms with E-state index in [1.54, 1.807) is 24.3 Å². The van der Waals surface area contributed by atoms with Crippen molar-refractivity contribution in [3.8, 4) is 0 Å². The van der Waals surface area contributed by atoms with E-state index in [1.807, 2.05) is 0 Å². The molecule has 2 aromatic rings. The maximum absolute atomic E-state index is 11.8. The van der Waals surface area contributed by atoms with Gasteiger partial charge < -0.3 is 10.6 Å². The molecule has 0 unspecified atom stereocenters. The van der Waals surface area contributed by atoms with Gasteiger partial charge in [-0.25, -0.2) is 4.79 Å². The second-order valence-electron chi connectivity index (χ2n) is 4.14. The fourth-order valence-corrected chi connectivity index (χ4v) is 2.02. The zero-order valence-corrected chi connectivity index (χ0v) is 12.7. The van der Waals surface area contributed by atoms with Crippen LogP contribution in [-0.4, -0.2) is 16.7 Å². The molecule has 0 spiro atoms. The summed E-state index contributed by atoms with van der Waals surface area (Å²) in [7, 11) is 0. The fraction of sp³-hybridized carbons (Fsp3) is 0. The molecule has 2 aromatic carbocycles. The molecule has 22 heavy (non-hydrogen) atoms. The summed E-state index contributed by atoms with van der Waals surface area (Å²) in [5.41, 5.74) is 6.32. The van der Waals surface area contributed by atoms with Crippen LogP contribution in [0.3, 0.4) is 0 Å². The van der Waals surface area contributed by atoms with E-state index in [1.165, 1.54) is 24.3 Å². The van der Waals surface area contributed by atoms with Crippen LogP contribution in [0.4, 0.5) is 5.69 Å². The van der Waals surface area contributed by atoms with Gasteiger partial charge >= 0.3 is 5.97 Å². The summed E-state index contributed by atoms with van der Waals surface area (Å²) in [6.07, 6.45) is 0. The molecular weight excluding hydrogens is 354 g/mol. The first-order valence-corrected chi connectivity index (χ1v) is 6.82. The molecule has 2 rings (SSSR count). The molecule has 0 heterocycles. The van der Waals surface area contributed by atoms with E-state index in [2.05, 4.69) is 21.1 Å². The van der Waals surface area contributed by atoms with Crippen LogP contribution < -0.4 is 5.73 Å². The second-order valence-corrected chi connectivity index (χ2v) is 4.99. The minimum absolute atomic E-state index is 0.0599. The normalized spacial score (nSPS) is 11.0. The van der Waals surface area contributed by atoms with E-state index in [-0.39, 0.29) is 11.5 Å². The monoisotopic (exact) mass is 363 g/mol. The largest absolute Gasteiger partial charge is 0.380 e. The summed E-state index contributed by atoms with van der Waals surface area (Å²) in [5, 5.41) is 14.1. The lowest BCUT2D eigenvalue weighted by Crippen LogP contribution is -2.15. The summed E-state index contributed by atoms with van der Waals surface area (Å²) in [6, 6.07) is 12.1. The number of oxime groups is 1. The first-order valence-electron chi connectivity index (χ1n) is 6.03. The van der Waals surface area contributed by atoms with Gasteiger partial charge in [0.25, 0.3) is 5.69 Å². The predicted molar refractivity (Wildman–Crippen MR) is 83.4 cm³/mol. The third-order valence-corrected chi connectivity index (χ3v) is 3.39. The van der Waals surface area contributed by atoms with Crippen LogP contribution in [-0.2, 0) is 4.84 Å². The Morgan fingerprint density at radius 3 is 2.41 bits per heavy atom. The molecule has 0 amide bonds. The van der Waals surface area contributed by atoms with Crippen molar-refractivity contribution in [1.82, 2.24) is 0 Å². The molecule has 112 valence electrons. The Kier molecular flexibility index (Phi) is 4.84. The summed E-state index contributed by atoms with van der Waals surface area (Å²) in [4.78, 5) is 26.6. The zero-order chi connectivity index (χ0) is 16.1. The number of halogens is 1. The quantitative estimate of drug-likeness (QED) is 0.295. The molecule has 0 aliphatic rings. The zero-order valence-electron chi connectivity index (χ0n) is 11.1. The number of carbonyl (C=O) groups is 1. The van der Waals surface area contributed by atoms with E-state index in [9.17, 15) is 14.9 Å². The minimum atomic E-state index is -0.669. The molecule has 0 radical (unpaired) electrons. The molecule has 2 N–H and O–H groups in total. The van der Waals surface area contributed by atoms with Crippen LogP contribution in [0, 0.1) is 10.1 Å². The van der Waals surface area contributed by atoms with Gasteiger partial charge in [-0.05, 0) is 40.2 Å². The van der Waals surface area contributed by atoms with Crippen molar-refractivity contribution in [2.24, 2.45) is 10.9 Å². The molecular formula is C14H10BrN3O4. The van der Waals surface area contributed by atoms with Gasteiger partial charge in [0.15, 0.2) is 5.84 Å². The molecule has 0 aliphatic carbocycles. The third kappa shape index (κ3) is 3.67. The number of nitrogens with zero attached hydrogens (tertiary/aromatic N) is 2. The van der Waals surface area contributed by atoms with Gasteiger partial charge in [-0.1, -0.05) is 17.3 Å². The molecule has 7 nitrogen and oxygen atoms in total. The predicted octanol–water partition coefficient (Wildman–Crippen LogP) is 2.83. The van der Waals surface area contributed by atoms with Gasteiger partial charge in [0.2, 0.25) is 0 Å². The Morgan fingerprint density at radius 2 is 1.82 bits per heavy atom. The average Bonchev–Trinajstić information content (AvgIpc) is 2.52. The van der Waals surface area contributed by atoms with Gasteiger partial charge in [0.05, 0.1) is 10.5 Å². The highest BCUT2D eigenvalue weighted by Crippen LogP contribution is 2.17. The summed E-state index contributed by atoms with van der Waals surface area (Å²) >= 11 is 3.23. The number of rotatable bonds is 4. The number of benzene rings is 2. The smallest absolute Gasteiger partial charge is 0.366 e. The van der Waals surface area contributed by atoms with Crippen LogP contribution in [0.5, 0.6) is 0 Å². The fourth-order valence-electron chi connectivity index (χ4n) is 1.57. The second kappa shape index (κ2) is 6.81. The van der Waals surface area contributed by atoms with Crippen molar-refractivity contribution in [1.29, 1.82) is 0 Å². The summed E-state index contributed by atoms with van der Waals surface area (Å²) in [5.74, 6) is -0.729. The number of hydrogen-bond donors (Lipinski definition) is 1. The number of non-ortho nitro benzene ring substituents is 1. The third-order valence-electron chi connectivity index (χ3n) is 2.69. The lowest BCUT2D eigenvalue weighted by Gasteiger charge is -2.02. The van der Waals surface area contributed by atoms with Crippen molar-refractivity contribution in [3.05, 3.63) is 74.2 Å². The highest BCUT2D eigenvalue weighted by Gasteiger charge is 2.12. The molecule has 0 fully saturated rings. The van der Waals surface area contributed by atoms with Gasteiger partial charge in [0.1, 0.15) is 0 Å². The van der Waals surface area contributed by atoms with E-state index in [4.69, 9.17) is 10.6 Å². The Morgan fingerprint density at radius 1 is 1.18 bits per heavy atom. The van der Waals surface area contributed by atoms with Crippen LogP contribution in [0.1, 0.15) is 15.9 Å². The number of nitrogens with two attached hydrogens (primary N) is 1. The van der Waals surface area contributed by atoms with Gasteiger partial charge in [-0.3, -0.25) is 10.1 Å². The van der Waals surface area contributed by atoms with Crippen molar-refractivity contribution in [2.45, 2.75) is 0 Å². The van der Waals surface area contributed by atoms with Gasteiger partial charge in [-0.2, -0.15) is 0 Å². The number of carbonyl (C=O) groups excluding carboxylic acids is 1. The highest BCUT2D eigenvalue weighted by molar-refractivity contribution is 9.10. The molecule has 0 aromatic heterocycles. The standard InChI is InChI=1S/C14H10BrN3O4/c15-12-4-2-1-3-11(12)14(19)22-17-13(16)9-5-7-10(8-6-9)18(20)21/h1-8H,(H2,16,17). The molecule has 0 saturated carbocycles. The summed E-state index contributed by atoms with van der Waals surface area (Å²) < 4.78 is 0.573. The topological polar surface area (TPSA) is 108 Å². The minimum Gasteiger partial charge on any atom is -0.380 e. The Hall–Kier alpha value is -2.74. The number of nitro benzene ring substituents is 1. The van der Waals surface area contributed by atoms with Crippen LogP contribution in [0.15, 0.2) is 58.2 Å². The molecule has 8 heteroatoms. The lowest BCUT2D eigenvalue weighted by atomic mass is 10.2. The van der Waals surface area contributed by atoms with Crippen LogP contribution >= 0.6 is 15.9 Å². The number of amidine groups is 1. The Balaban J connectivity index is 2.11. The van der Waals surface area contributed by atoms with Crippen LogP contribution in [0.2, 0.25) is 0 Å². The number of nitro groups is 1. The van der Waals surface area contributed by atoms with E-state index in [0.717, 1.165) is 0 Å². The summed E-state index contributed by atoms with van der Waals surface area (Å²) in [6.45, 7) is 0. The molecule has 0 aliphatic heterocycles. The Bertz CT molecular complexity index is 744. The molecule has 0 atom stereocenters. The van der Waals surface area contributed by atoms with Crippen LogP contribution in [0.25, 0.3) is 0 Å².